The highest BCUT2D eigenvalue weighted by Crippen LogP contribution is 2.26. The summed E-state index contributed by atoms with van der Waals surface area (Å²) in [6.45, 7) is 2.73. The lowest BCUT2D eigenvalue weighted by Gasteiger charge is -2.34. The SMILES string of the molecule is O=C1CC[C@@H](C(=O)N2CCOc3ccccc3C2)CN1CCc1ccccn1. The predicted molar refractivity (Wildman–Crippen MR) is 105 cm³/mol. The van der Waals surface area contributed by atoms with Gasteiger partial charge in [-0.05, 0) is 24.6 Å². The third kappa shape index (κ3) is 4.16. The number of hydrogen-bond donors (Lipinski definition) is 0. The Morgan fingerprint density at radius 1 is 1.18 bits per heavy atom. The molecule has 0 unspecified atom stereocenters. The minimum Gasteiger partial charge on any atom is -0.491 e. The van der Waals surface area contributed by atoms with Crippen LogP contribution >= 0.6 is 0 Å². The molecule has 1 fully saturated rings. The molecule has 0 aliphatic carbocycles. The summed E-state index contributed by atoms with van der Waals surface area (Å²) in [4.78, 5) is 33.5. The molecule has 0 radical (unpaired) electrons. The number of carbonyl (C=O) groups is 2. The molecule has 1 aromatic carbocycles. The summed E-state index contributed by atoms with van der Waals surface area (Å²) in [6.07, 6.45) is 3.52. The van der Waals surface area contributed by atoms with E-state index < -0.39 is 0 Å². The summed E-state index contributed by atoms with van der Waals surface area (Å²) in [7, 11) is 0. The standard InChI is InChI=1S/C22H25N3O3/c26-21-9-8-18(16-24(21)12-10-19-6-3-4-11-23-19)22(27)25-13-14-28-20-7-2-1-5-17(20)15-25/h1-7,11,18H,8-10,12-16H2/t18-/m1/s1. The Hall–Kier alpha value is -2.89. The lowest BCUT2D eigenvalue weighted by atomic mass is 9.95. The number of likely N-dealkylation sites (tertiary alicyclic amines) is 1. The second-order valence-electron chi connectivity index (χ2n) is 7.36. The number of ether oxygens (including phenoxy) is 1. The fourth-order valence-corrected chi connectivity index (χ4v) is 3.90. The summed E-state index contributed by atoms with van der Waals surface area (Å²) < 4.78 is 5.78. The largest absolute Gasteiger partial charge is 0.491 e. The number of aromatic nitrogens is 1. The van der Waals surface area contributed by atoms with Gasteiger partial charge in [0.25, 0.3) is 0 Å². The lowest BCUT2D eigenvalue weighted by Crippen LogP contribution is -2.47. The van der Waals surface area contributed by atoms with Gasteiger partial charge in [0.1, 0.15) is 12.4 Å². The normalized spacial score (nSPS) is 19.6. The van der Waals surface area contributed by atoms with Crippen molar-refractivity contribution in [2.75, 3.05) is 26.2 Å². The van der Waals surface area contributed by atoms with Crippen molar-refractivity contribution in [1.29, 1.82) is 0 Å². The third-order valence-electron chi connectivity index (χ3n) is 5.48. The van der Waals surface area contributed by atoms with E-state index in [0.717, 1.165) is 17.0 Å². The molecular formula is C22H25N3O3. The van der Waals surface area contributed by atoms with Crippen LogP contribution in [0.15, 0.2) is 48.7 Å². The highest BCUT2D eigenvalue weighted by molar-refractivity contribution is 5.84. The second-order valence-corrected chi connectivity index (χ2v) is 7.36. The molecule has 0 spiro atoms. The van der Waals surface area contributed by atoms with E-state index in [2.05, 4.69) is 4.98 Å². The fraction of sp³-hybridized carbons (Fsp3) is 0.409. The number of hydrogen-bond acceptors (Lipinski definition) is 4. The Kier molecular flexibility index (Phi) is 5.55. The van der Waals surface area contributed by atoms with E-state index >= 15 is 0 Å². The van der Waals surface area contributed by atoms with Crippen molar-refractivity contribution in [3.63, 3.8) is 0 Å². The molecule has 146 valence electrons. The van der Waals surface area contributed by atoms with Gasteiger partial charge in [-0.1, -0.05) is 24.3 Å². The number of para-hydroxylation sites is 1. The van der Waals surface area contributed by atoms with E-state index in [1.54, 1.807) is 6.20 Å². The monoisotopic (exact) mass is 379 g/mol. The number of carbonyl (C=O) groups excluding carboxylic acids is 2. The molecule has 0 N–H and O–H groups in total. The first-order chi connectivity index (χ1) is 13.7. The van der Waals surface area contributed by atoms with Gasteiger partial charge < -0.3 is 14.5 Å². The van der Waals surface area contributed by atoms with E-state index in [9.17, 15) is 9.59 Å². The third-order valence-corrected chi connectivity index (χ3v) is 5.48. The van der Waals surface area contributed by atoms with Gasteiger partial charge in [-0.25, -0.2) is 0 Å². The maximum atomic E-state index is 13.2. The smallest absolute Gasteiger partial charge is 0.227 e. The molecule has 1 aromatic heterocycles. The Morgan fingerprint density at radius 2 is 2.04 bits per heavy atom. The number of rotatable bonds is 4. The van der Waals surface area contributed by atoms with Crippen molar-refractivity contribution < 1.29 is 14.3 Å². The van der Waals surface area contributed by atoms with Crippen molar-refractivity contribution in [1.82, 2.24) is 14.8 Å². The Labute approximate surface area is 165 Å². The van der Waals surface area contributed by atoms with Crippen LogP contribution in [0.1, 0.15) is 24.1 Å². The molecule has 1 saturated heterocycles. The first-order valence-electron chi connectivity index (χ1n) is 9.88. The summed E-state index contributed by atoms with van der Waals surface area (Å²) in [5.74, 6) is 0.959. The van der Waals surface area contributed by atoms with Gasteiger partial charge in [-0.2, -0.15) is 0 Å². The van der Waals surface area contributed by atoms with Gasteiger partial charge in [0, 0.05) is 49.9 Å². The van der Waals surface area contributed by atoms with Crippen LogP contribution in [-0.4, -0.2) is 52.8 Å². The number of piperidine rings is 1. The van der Waals surface area contributed by atoms with Crippen molar-refractivity contribution in [3.8, 4) is 5.75 Å². The zero-order valence-corrected chi connectivity index (χ0v) is 15.9. The predicted octanol–water partition coefficient (Wildman–Crippen LogP) is 2.28. The number of fused-ring (bicyclic) bond motifs is 1. The van der Waals surface area contributed by atoms with E-state index in [-0.39, 0.29) is 17.7 Å². The Morgan fingerprint density at radius 3 is 2.89 bits per heavy atom. The van der Waals surface area contributed by atoms with Crippen molar-refractivity contribution in [2.24, 2.45) is 5.92 Å². The van der Waals surface area contributed by atoms with Crippen LogP contribution in [0.5, 0.6) is 5.75 Å². The van der Waals surface area contributed by atoms with E-state index in [1.807, 2.05) is 52.3 Å². The summed E-state index contributed by atoms with van der Waals surface area (Å²) >= 11 is 0. The van der Waals surface area contributed by atoms with Crippen molar-refractivity contribution in [3.05, 3.63) is 59.9 Å². The maximum Gasteiger partial charge on any atom is 0.227 e. The number of amides is 2. The van der Waals surface area contributed by atoms with Crippen LogP contribution in [0, 0.1) is 5.92 Å². The van der Waals surface area contributed by atoms with Crippen LogP contribution < -0.4 is 4.74 Å². The first kappa shape index (κ1) is 18.5. The molecule has 6 heteroatoms. The molecule has 2 aliphatic heterocycles. The molecule has 0 bridgehead atoms. The van der Waals surface area contributed by atoms with Crippen molar-refractivity contribution >= 4 is 11.8 Å². The van der Waals surface area contributed by atoms with E-state index in [4.69, 9.17) is 4.74 Å². The topological polar surface area (TPSA) is 62.7 Å². The van der Waals surface area contributed by atoms with Gasteiger partial charge in [-0.3, -0.25) is 14.6 Å². The summed E-state index contributed by atoms with van der Waals surface area (Å²) in [5.41, 5.74) is 2.00. The highest BCUT2D eigenvalue weighted by atomic mass is 16.5. The van der Waals surface area contributed by atoms with Crippen LogP contribution in [0.25, 0.3) is 0 Å². The second kappa shape index (κ2) is 8.42. The van der Waals surface area contributed by atoms with Gasteiger partial charge >= 0.3 is 0 Å². The quantitative estimate of drug-likeness (QED) is 0.818. The Bertz CT molecular complexity index is 840. The first-order valence-corrected chi connectivity index (χ1v) is 9.88. The van der Waals surface area contributed by atoms with E-state index in [0.29, 0.717) is 52.0 Å². The number of benzene rings is 1. The average Bonchev–Trinajstić information content (AvgIpc) is 2.96. The molecule has 1 atom stereocenters. The molecule has 2 aromatic rings. The molecule has 2 amide bonds. The molecule has 2 aliphatic rings. The zero-order valence-electron chi connectivity index (χ0n) is 15.9. The lowest BCUT2D eigenvalue weighted by molar-refractivity contribution is -0.143. The van der Waals surface area contributed by atoms with Crippen molar-refractivity contribution in [2.45, 2.75) is 25.8 Å². The molecule has 3 heterocycles. The van der Waals surface area contributed by atoms with Gasteiger partial charge in [0.05, 0.1) is 12.5 Å². The van der Waals surface area contributed by atoms with Crippen LogP contribution in [0.4, 0.5) is 0 Å². The molecule has 4 rings (SSSR count). The highest BCUT2D eigenvalue weighted by Gasteiger charge is 2.33. The van der Waals surface area contributed by atoms with Gasteiger partial charge in [0.15, 0.2) is 0 Å². The number of pyridine rings is 1. The molecule has 0 saturated carbocycles. The zero-order chi connectivity index (χ0) is 19.3. The van der Waals surface area contributed by atoms with Crippen LogP contribution in [0.3, 0.4) is 0 Å². The maximum absolute atomic E-state index is 13.2. The molecule has 6 nitrogen and oxygen atoms in total. The molecule has 28 heavy (non-hydrogen) atoms. The fourth-order valence-electron chi connectivity index (χ4n) is 3.90. The van der Waals surface area contributed by atoms with Gasteiger partial charge in [0.2, 0.25) is 11.8 Å². The summed E-state index contributed by atoms with van der Waals surface area (Å²) in [5, 5.41) is 0. The minimum absolute atomic E-state index is 0.121. The number of nitrogens with zero attached hydrogens (tertiary/aromatic N) is 3. The minimum atomic E-state index is -0.147. The van der Waals surface area contributed by atoms with Gasteiger partial charge in [-0.15, -0.1) is 0 Å². The van der Waals surface area contributed by atoms with Crippen LogP contribution in [-0.2, 0) is 22.6 Å². The Balaban J connectivity index is 1.39. The van der Waals surface area contributed by atoms with E-state index in [1.165, 1.54) is 0 Å². The molecular weight excluding hydrogens is 354 g/mol. The van der Waals surface area contributed by atoms with Crippen LogP contribution in [0.2, 0.25) is 0 Å². The average molecular weight is 379 g/mol. The summed E-state index contributed by atoms with van der Waals surface area (Å²) in [6, 6.07) is 13.7.